The normalized spacial score (nSPS) is 17.7. The number of fused-ring (bicyclic) bond motifs is 1. The molecule has 1 N–H and O–H groups in total. The molecule has 0 bridgehead atoms. The second kappa shape index (κ2) is 6.89. The minimum absolute atomic E-state index is 0.0113. The molecule has 2 aliphatic rings. The average molecular weight is 318 g/mol. The van der Waals surface area contributed by atoms with E-state index in [1.807, 2.05) is 18.2 Å². The standard InChI is InChI=1S/C17H22N2O4/c1-12(20)19-6-4-14(5-7-19)17(21)18-11-13-2-3-15-16(10-13)23-9-8-22-15/h2-3,10,14H,4-9,11H2,1H3,(H,18,21). The maximum absolute atomic E-state index is 12.3. The molecule has 1 saturated heterocycles. The molecular weight excluding hydrogens is 296 g/mol. The summed E-state index contributed by atoms with van der Waals surface area (Å²) in [6.07, 6.45) is 1.46. The van der Waals surface area contributed by atoms with Crippen LogP contribution in [0.15, 0.2) is 18.2 Å². The van der Waals surface area contributed by atoms with Crippen molar-refractivity contribution in [2.75, 3.05) is 26.3 Å². The number of hydrogen-bond acceptors (Lipinski definition) is 4. The summed E-state index contributed by atoms with van der Waals surface area (Å²) in [6, 6.07) is 5.72. The van der Waals surface area contributed by atoms with Crippen LogP contribution in [0, 0.1) is 5.92 Å². The lowest BCUT2D eigenvalue weighted by Crippen LogP contribution is -2.42. The van der Waals surface area contributed by atoms with E-state index in [9.17, 15) is 9.59 Å². The molecule has 0 atom stereocenters. The molecule has 0 saturated carbocycles. The molecular formula is C17H22N2O4. The van der Waals surface area contributed by atoms with Crippen molar-refractivity contribution in [3.63, 3.8) is 0 Å². The van der Waals surface area contributed by atoms with E-state index < -0.39 is 0 Å². The number of ether oxygens (including phenoxy) is 2. The highest BCUT2D eigenvalue weighted by Crippen LogP contribution is 2.30. The second-order valence-corrected chi connectivity index (χ2v) is 5.98. The van der Waals surface area contributed by atoms with Crippen molar-refractivity contribution in [1.29, 1.82) is 0 Å². The molecule has 6 nitrogen and oxygen atoms in total. The zero-order valence-corrected chi connectivity index (χ0v) is 13.3. The third-order valence-electron chi connectivity index (χ3n) is 4.38. The molecule has 0 aromatic heterocycles. The van der Waals surface area contributed by atoms with Gasteiger partial charge in [0.1, 0.15) is 13.2 Å². The van der Waals surface area contributed by atoms with Gasteiger partial charge >= 0.3 is 0 Å². The monoisotopic (exact) mass is 318 g/mol. The smallest absolute Gasteiger partial charge is 0.223 e. The number of nitrogens with one attached hydrogen (secondary N) is 1. The van der Waals surface area contributed by atoms with E-state index >= 15 is 0 Å². The van der Waals surface area contributed by atoms with Gasteiger partial charge in [0.25, 0.3) is 0 Å². The van der Waals surface area contributed by atoms with E-state index in [4.69, 9.17) is 9.47 Å². The average Bonchev–Trinajstić information content (AvgIpc) is 2.59. The first-order valence-corrected chi connectivity index (χ1v) is 8.05. The van der Waals surface area contributed by atoms with Crippen molar-refractivity contribution < 1.29 is 19.1 Å². The van der Waals surface area contributed by atoms with Crippen LogP contribution in [0.3, 0.4) is 0 Å². The highest BCUT2D eigenvalue weighted by Gasteiger charge is 2.25. The largest absolute Gasteiger partial charge is 0.486 e. The number of piperidine rings is 1. The van der Waals surface area contributed by atoms with Crippen molar-refractivity contribution in [1.82, 2.24) is 10.2 Å². The van der Waals surface area contributed by atoms with Gasteiger partial charge in [-0.25, -0.2) is 0 Å². The van der Waals surface area contributed by atoms with Crippen molar-refractivity contribution in [2.24, 2.45) is 5.92 Å². The molecule has 6 heteroatoms. The summed E-state index contributed by atoms with van der Waals surface area (Å²) in [5.74, 6) is 1.62. The highest BCUT2D eigenvalue weighted by atomic mass is 16.6. The molecule has 1 aromatic carbocycles. The zero-order valence-electron chi connectivity index (χ0n) is 13.3. The van der Waals surface area contributed by atoms with Gasteiger partial charge < -0.3 is 19.7 Å². The first kappa shape index (κ1) is 15.6. The van der Waals surface area contributed by atoms with E-state index in [-0.39, 0.29) is 17.7 Å². The van der Waals surface area contributed by atoms with Crippen LogP contribution in [-0.4, -0.2) is 43.0 Å². The zero-order chi connectivity index (χ0) is 16.2. The fourth-order valence-corrected chi connectivity index (χ4v) is 2.99. The van der Waals surface area contributed by atoms with E-state index in [0.29, 0.717) is 32.8 Å². The third-order valence-corrected chi connectivity index (χ3v) is 4.38. The molecule has 2 amide bonds. The molecule has 0 spiro atoms. The summed E-state index contributed by atoms with van der Waals surface area (Å²) in [5.41, 5.74) is 0.990. The van der Waals surface area contributed by atoms with Crippen LogP contribution in [-0.2, 0) is 16.1 Å². The van der Waals surface area contributed by atoms with Gasteiger partial charge in [-0.1, -0.05) is 6.07 Å². The number of carbonyl (C=O) groups excluding carboxylic acids is 2. The lowest BCUT2D eigenvalue weighted by Gasteiger charge is -2.30. The Kier molecular flexibility index (Phi) is 4.69. The Bertz CT molecular complexity index is 594. The fourth-order valence-electron chi connectivity index (χ4n) is 2.99. The lowest BCUT2D eigenvalue weighted by atomic mass is 9.96. The van der Waals surface area contributed by atoms with E-state index in [2.05, 4.69) is 5.32 Å². The summed E-state index contributed by atoms with van der Waals surface area (Å²) in [6.45, 7) is 4.50. The number of hydrogen-bond donors (Lipinski definition) is 1. The lowest BCUT2D eigenvalue weighted by molar-refractivity contribution is -0.134. The Morgan fingerprint density at radius 2 is 1.87 bits per heavy atom. The number of nitrogens with zero attached hydrogens (tertiary/aromatic N) is 1. The number of benzene rings is 1. The first-order valence-electron chi connectivity index (χ1n) is 8.05. The summed E-state index contributed by atoms with van der Waals surface area (Å²) >= 11 is 0. The summed E-state index contributed by atoms with van der Waals surface area (Å²) in [5, 5.41) is 2.98. The SMILES string of the molecule is CC(=O)N1CCC(C(=O)NCc2ccc3c(c2)OCCO3)CC1. The van der Waals surface area contributed by atoms with Crippen LogP contribution in [0.2, 0.25) is 0 Å². The number of carbonyl (C=O) groups is 2. The summed E-state index contributed by atoms with van der Waals surface area (Å²) in [7, 11) is 0. The van der Waals surface area contributed by atoms with Gasteiger partial charge in [-0.2, -0.15) is 0 Å². The quantitative estimate of drug-likeness (QED) is 0.913. The van der Waals surface area contributed by atoms with Crippen LogP contribution < -0.4 is 14.8 Å². The molecule has 0 unspecified atom stereocenters. The first-order chi connectivity index (χ1) is 11.1. The molecule has 3 rings (SSSR count). The molecule has 2 heterocycles. The van der Waals surface area contributed by atoms with Gasteiger partial charge in [-0.3, -0.25) is 9.59 Å². The third kappa shape index (κ3) is 3.75. The van der Waals surface area contributed by atoms with E-state index in [1.54, 1.807) is 11.8 Å². The van der Waals surface area contributed by atoms with E-state index in [0.717, 1.165) is 29.9 Å². The predicted octanol–water partition coefficient (Wildman–Crippen LogP) is 1.33. The van der Waals surface area contributed by atoms with Gasteiger partial charge in [0.15, 0.2) is 11.5 Å². The molecule has 124 valence electrons. The maximum atomic E-state index is 12.3. The topological polar surface area (TPSA) is 67.9 Å². The number of amides is 2. The molecule has 23 heavy (non-hydrogen) atoms. The van der Waals surface area contributed by atoms with Crippen LogP contribution in [0.5, 0.6) is 11.5 Å². The maximum Gasteiger partial charge on any atom is 0.223 e. The predicted molar refractivity (Wildman–Crippen MR) is 84.3 cm³/mol. The number of rotatable bonds is 3. The van der Waals surface area contributed by atoms with Crippen molar-refractivity contribution >= 4 is 11.8 Å². The Hall–Kier alpha value is -2.24. The molecule has 1 aromatic rings. The molecule has 0 aliphatic carbocycles. The van der Waals surface area contributed by atoms with Gasteiger partial charge in [0.2, 0.25) is 11.8 Å². The van der Waals surface area contributed by atoms with Crippen molar-refractivity contribution in [3.05, 3.63) is 23.8 Å². The van der Waals surface area contributed by atoms with Crippen molar-refractivity contribution in [2.45, 2.75) is 26.3 Å². The summed E-state index contributed by atoms with van der Waals surface area (Å²) < 4.78 is 11.0. The molecule has 2 aliphatic heterocycles. The molecule has 0 radical (unpaired) electrons. The second-order valence-electron chi connectivity index (χ2n) is 5.98. The van der Waals surface area contributed by atoms with E-state index in [1.165, 1.54) is 0 Å². The Morgan fingerprint density at radius 3 is 2.57 bits per heavy atom. The van der Waals surface area contributed by atoms with Crippen LogP contribution in [0.4, 0.5) is 0 Å². The van der Waals surface area contributed by atoms with Gasteiger partial charge in [-0.15, -0.1) is 0 Å². The van der Waals surface area contributed by atoms with Crippen LogP contribution in [0.1, 0.15) is 25.3 Å². The Labute approximate surface area is 135 Å². The highest BCUT2D eigenvalue weighted by molar-refractivity contribution is 5.79. The van der Waals surface area contributed by atoms with Gasteiger partial charge in [0, 0.05) is 32.5 Å². The Balaban J connectivity index is 1.50. The van der Waals surface area contributed by atoms with Crippen LogP contribution >= 0.6 is 0 Å². The Morgan fingerprint density at radius 1 is 1.17 bits per heavy atom. The van der Waals surface area contributed by atoms with Gasteiger partial charge in [-0.05, 0) is 30.5 Å². The minimum atomic E-state index is -0.0113. The fraction of sp³-hybridized carbons (Fsp3) is 0.529. The van der Waals surface area contributed by atoms with Crippen LogP contribution in [0.25, 0.3) is 0 Å². The molecule has 1 fully saturated rings. The number of likely N-dealkylation sites (tertiary alicyclic amines) is 1. The van der Waals surface area contributed by atoms with Crippen molar-refractivity contribution in [3.8, 4) is 11.5 Å². The summed E-state index contributed by atoms with van der Waals surface area (Å²) in [4.78, 5) is 25.4. The minimum Gasteiger partial charge on any atom is -0.486 e. The van der Waals surface area contributed by atoms with Gasteiger partial charge in [0.05, 0.1) is 0 Å².